The summed E-state index contributed by atoms with van der Waals surface area (Å²) in [6.45, 7) is 2.16. The highest BCUT2D eigenvalue weighted by molar-refractivity contribution is 5.82. The van der Waals surface area contributed by atoms with Crippen LogP contribution in [0.1, 0.15) is 43.2 Å². The first-order valence-electron chi connectivity index (χ1n) is 10.2. The van der Waals surface area contributed by atoms with Crippen molar-refractivity contribution in [3.05, 3.63) is 35.1 Å². The Balaban J connectivity index is 1.26. The van der Waals surface area contributed by atoms with E-state index in [1.54, 1.807) is 0 Å². The molecule has 2 atom stereocenters. The van der Waals surface area contributed by atoms with Gasteiger partial charge >= 0.3 is 6.18 Å². The molecule has 1 aliphatic heterocycles. The fourth-order valence-corrected chi connectivity index (χ4v) is 5.12. The average Bonchev–Trinajstić information content (AvgIpc) is 3.16. The SMILES string of the molecule is O=C(NCc1ccc(F)c(C(F)(F)F)c1)C1C2CN(CC3(O)CCCCC3)CC21. The van der Waals surface area contributed by atoms with Crippen molar-refractivity contribution in [3.63, 3.8) is 0 Å². The summed E-state index contributed by atoms with van der Waals surface area (Å²) in [6, 6.07) is 2.78. The van der Waals surface area contributed by atoms with Crippen molar-refractivity contribution in [3.8, 4) is 0 Å². The van der Waals surface area contributed by atoms with E-state index in [0.717, 1.165) is 50.9 Å². The van der Waals surface area contributed by atoms with Crippen molar-refractivity contribution in [2.24, 2.45) is 17.8 Å². The average molecular weight is 414 g/mol. The number of nitrogens with one attached hydrogen (secondary N) is 1. The maximum Gasteiger partial charge on any atom is 0.419 e. The Morgan fingerprint density at radius 1 is 1.17 bits per heavy atom. The predicted molar refractivity (Wildman–Crippen MR) is 98.2 cm³/mol. The molecule has 2 saturated carbocycles. The van der Waals surface area contributed by atoms with Crippen LogP contribution in [-0.2, 0) is 17.5 Å². The van der Waals surface area contributed by atoms with Gasteiger partial charge in [0.15, 0.2) is 0 Å². The third-order valence-electron chi connectivity index (χ3n) is 6.68. The maximum absolute atomic E-state index is 13.4. The number of amides is 1. The summed E-state index contributed by atoms with van der Waals surface area (Å²) in [4.78, 5) is 14.7. The molecule has 0 radical (unpaired) electrons. The number of halogens is 4. The standard InChI is InChI=1S/C21H26F4N2O2/c22-17-5-4-13(8-16(17)21(23,24)25)9-26-19(28)18-14-10-27(11-15(14)18)12-20(29)6-2-1-3-7-20/h4-5,8,14-15,18,29H,1-3,6-7,9-12H2,(H,26,28). The number of fused-ring (bicyclic) bond motifs is 1. The second-order valence-electron chi connectivity index (χ2n) is 8.86. The molecule has 0 aromatic heterocycles. The number of piperidine rings is 1. The van der Waals surface area contributed by atoms with Gasteiger partial charge in [-0.15, -0.1) is 0 Å². The van der Waals surface area contributed by atoms with E-state index in [1.807, 2.05) is 0 Å². The molecule has 3 fully saturated rings. The van der Waals surface area contributed by atoms with Crippen molar-refractivity contribution in [1.29, 1.82) is 0 Å². The van der Waals surface area contributed by atoms with E-state index in [1.165, 1.54) is 12.5 Å². The molecule has 3 aliphatic rings. The van der Waals surface area contributed by atoms with Gasteiger partial charge in [-0.25, -0.2) is 4.39 Å². The molecule has 1 heterocycles. The van der Waals surface area contributed by atoms with E-state index < -0.39 is 23.2 Å². The predicted octanol–water partition coefficient (Wildman–Crippen LogP) is 3.33. The minimum Gasteiger partial charge on any atom is -0.389 e. The number of aliphatic hydroxyl groups is 1. The number of likely N-dealkylation sites (tertiary alicyclic amines) is 1. The highest BCUT2D eigenvalue weighted by Gasteiger charge is 2.59. The number of carbonyl (C=O) groups excluding carboxylic acids is 1. The van der Waals surface area contributed by atoms with Crippen molar-refractivity contribution in [2.45, 2.75) is 50.4 Å². The number of hydrogen-bond donors (Lipinski definition) is 2. The van der Waals surface area contributed by atoms with Gasteiger partial charge in [0.2, 0.25) is 5.91 Å². The van der Waals surface area contributed by atoms with Crippen LogP contribution < -0.4 is 5.32 Å². The van der Waals surface area contributed by atoms with Crippen molar-refractivity contribution in [2.75, 3.05) is 19.6 Å². The molecule has 1 amide bonds. The van der Waals surface area contributed by atoms with Crippen LogP contribution >= 0.6 is 0 Å². The second kappa shape index (κ2) is 7.54. The smallest absolute Gasteiger partial charge is 0.389 e. The van der Waals surface area contributed by atoms with Crippen molar-refractivity contribution >= 4 is 5.91 Å². The molecule has 1 aromatic carbocycles. The summed E-state index contributed by atoms with van der Waals surface area (Å²) < 4.78 is 51.8. The number of β-amino-alcohol motifs (C(OH)–C–C–N with tert-alkyl or cyclic N) is 1. The first kappa shape index (κ1) is 20.6. The fraction of sp³-hybridized carbons (Fsp3) is 0.667. The summed E-state index contributed by atoms with van der Waals surface area (Å²) in [5, 5.41) is 13.4. The highest BCUT2D eigenvalue weighted by Crippen LogP contribution is 2.52. The van der Waals surface area contributed by atoms with Gasteiger partial charge in [0, 0.05) is 32.1 Å². The molecule has 0 bridgehead atoms. The molecule has 2 N–H and O–H groups in total. The van der Waals surface area contributed by atoms with E-state index in [9.17, 15) is 27.5 Å². The zero-order valence-electron chi connectivity index (χ0n) is 16.1. The molecular formula is C21H26F4N2O2. The zero-order chi connectivity index (χ0) is 20.8. The quantitative estimate of drug-likeness (QED) is 0.727. The Labute approximate surface area is 167 Å². The number of rotatable bonds is 5. The Hall–Kier alpha value is -1.67. The second-order valence-corrected chi connectivity index (χ2v) is 8.86. The molecule has 0 spiro atoms. The van der Waals surface area contributed by atoms with Gasteiger partial charge in [-0.05, 0) is 42.4 Å². The van der Waals surface area contributed by atoms with Crippen LogP contribution in [0.5, 0.6) is 0 Å². The van der Waals surface area contributed by atoms with Gasteiger partial charge < -0.3 is 10.4 Å². The molecule has 4 nitrogen and oxygen atoms in total. The Kier molecular flexibility index (Phi) is 5.36. The lowest BCUT2D eigenvalue weighted by Crippen LogP contribution is -2.45. The van der Waals surface area contributed by atoms with E-state index in [0.29, 0.717) is 6.54 Å². The maximum atomic E-state index is 13.4. The van der Waals surface area contributed by atoms with Crippen molar-refractivity contribution < 1.29 is 27.5 Å². The van der Waals surface area contributed by atoms with Gasteiger partial charge in [0.25, 0.3) is 0 Å². The largest absolute Gasteiger partial charge is 0.419 e. The monoisotopic (exact) mass is 414 g/mol. The first-order valence-corrected chi connectivity index (χ1v) is 10.2. The van der Waals surface area contributed by atoms with E-state index in [2.05, 4.69) is 10.2 Å². The fourth-order valence-electron chi connectivity index (χ4n) is 5.12. The summed E-state index contributed by atoms with van der Waals surface area (Å²) in [5.41, 5.74) is -1.70. The number of alkyl halides is 3. The topological polar surface area (TPSA) is 52.6 Å². The van der Waals surface area contributed by atoms with E-state index in [-0.39, 0.29) is 35.8 Å². The summed E-state index contributed by atoms with van der Waals surface area (Å²) >= 11 is 0. The van der Waals surface area contributed by atoms with Crippen LogP contribution in [0.25, 0.3) is 0 Å². The van der Waals surface area contributed by atoms with Crippen LogP contribution in [0.4, 0.5) is 17.6 Å². The lowest BCUT2D eigenvalue weighted by atomic mass is 9.84. The Morgan fingerprint density at radius 2 is 1.83 bits per heavy atom. The van der Waals surface area contributed by atoms with Crippen LogP contribution in [0.3, 0.4) is 0 Å². The lowest BCUT2D eigenvalue weighted by Gasteiger charge is -2.36. The van der Waals surface area contributed by atoms with Gasteiger partial charge in [0.05, 0.1) is 11.2 Å². The molecule has 1 saturated heterocycles. The van der Waals surface area contributed by atoms with Crippen LogP contribution in [0, 0.1) is 23.6 Å². The minimum absolute atomic E-state index is 0.0540. The molecule has 8 heteroatoms. The first-order chi connectivity index (χ1) is 13.7. The number of carbonyl (C=O) groups is 1. The van der Waals surface area contributed by atoms with Crippen LogP contribution in [-0.4, -0.2) is 41.1 Å². The molecular weight excluding hydrogens is 388 g/mol. The van der Waals surface area contributed by atoms with Crippen LogP contribution in [0.15, 0.2) is 18.2 Å². The summed E-state index contributed by atoms with van der Waals surface area (Å²) in [7, 11) is 0. The normalized spacial score (nSPS) is 28.8. The zero-order valence-corrected chi connectivity index (χ0v) is 16.1. The number of nitrogens with zero attached hydrogens (tertiary/aromatic N) is 1. The molecule has 2 aliphatic carbocycles. The van der Waals surface area contributed by atoms with Gasteiger partial charge in [0.1, 0.15) is 5.82 Å². The van der Waals surface area contributed by atoms with E-state index in [4.69, 9.17) is 0 Å². The lowest BCUT2D eigenvalue weighted by molar-refractivity contribution is -0.140. The van der Waals surface area contributed by atoms with E-state index >= 15 is 0 Å². The molecule has 160 valence electrons. The van der Waals surface area contributed by atoms with Gasteiger partial charge in [-0.1, -0.05) is 25.3 Å². The van der Waals surface area contributed by atoms with Crippen LogP contribution in [0.2, 0.25) is 0 Å². The summed E-state index contributed by atoms with van der Waals surface area (Å²) in [6.07, 6.45) is 0.196. The van der Waals surface area contributed by atoms with Crippen molar-refractivity contribution in [1.82, 2.24) is 10.2 Å². The third kappa shape index (κ3) is 4.43. The molecule has 29 heavy (non-hydrogen) atoms. The molecule has 4 rings (SSSR count). The number of benzene rings is 1. The Bertz CT molecular complexity index is 764. The third-order valence-corrected chi connectivity index (χ3v) is 6.68. The minimum atomic E-state index is -4.76. The summed E-state index contributed by atoms with van der Waals surface area (Å²) in [5.74, 6) is -1.09. The number of hydrogen-bond acceptors (Lipinski definition) is 3. The Morgan fingerprint density at radius 3 is 2.45 bits per heavy atom. The molecule has 2 unspecified atom stereocenters. The van der Waals surface area contributed by atoms with Gasteiger partial charge in [-0.2, -0.15) is 13.2 Å². The highest BCUT2D eigenvalue weighted by atomic mass is 19.4. The van der Waals surface area contributed by atoms with Gasteiger partial charge in [-0.3, -0.25) is 9.69 Å². The molecule has 1 aromatic rings.